The van der Waals surface area contributed by atoms with Gasteiger partial charge in [-0.2, -0.15) is 0 Å². The molecule has 1 fully saturated rings. The molecule has 0 radical (unpaired) electrons. The smallest absolute Gasteiger partial charge is 0.230 e. The zero-order valence-electron chi connectivity index (χ0n) is 12.8. The van der Waals surface area contributed by atoms with Gasteiger partial charge in [-0.05, 0) is 41.2 Å². The van der Waals surface area contributed by atoms with Crippen LogP contribution in [0.2, 0.25) is 0 Å². The van der Waals surface area contributed by atoms with Crippen molar-refractivity contribution in [2.24, 2.45) is 11.1 Å². The maximum Gasteiger partial charge on any atom is 0.230 e. The Kier molecular flexibility index (Phi) is 4.44. The van der Waals surface area contributed by atoms with Gasteiger partial charge in [-0.3, -0.25) is 9.69 Å². The van der Waals surface area contributed by atoms with Gasteiger partial charge in [0.1, 0.15) is 0 Å². The topological polar surface area (TPSA) is 49.6 Å². The molecule has 1 aliphatic rings. The first kappa shape index (κ1) is 15.4. The van der Waals surface area contributed by atoms with Gasteiger partial charge in [0.05, 0.1) is 5.41 Å². The molecule has 1 atom stereocenters. The number of nitrogens with zero attached hydrogens (tertiary/aromatic N) is 2. The number of likely N-dealkylation sites (N-methyl/N-ethyl adjacent to an activating group) is 1. The van der Waals surface area contributed by atoms with Crippen molar-refractivity contribution in [2.75, 3.05) is 26.7 Å². The van der Waals surface area contributed by atoms with Crippen LogP contribution < -0.4 is 5.73 Å². The average Bonchev–Trinajstić information content (AvgIpc) is 2.27. The predicted octanol–water partition coefficient (Wildman–Crippen LogP) is 1.30. The van der Waals surface area contributed by atoms with Crippen LogP contribution in [0.4, 0.5) is 0 Å². The monoisotopic (exact) mass is 255 g/mol. The van der Waals surface area contributed by atoms with E-state index in [2.05, 4.69) is 18.9 Å². The SMILES string of the molecule is CCC1CN(C(=O)C(C)(C)C(C)(C)N)CCN1C. The van der Waals surface area contributed by atoms with E-state index in [9.17, 15) is 4.79 Å². The quantitative estimate of drug-likeness (QED) is 0.827. The summed E-state index contributed by atoms with van der Waals surface area (Å²) in [7, 11) is 2.13. The maximum atomic E-state index is 12.7. The van der Waals surface area contributed by atoms with Crippen molar-refractivity contribution in [3.8, 4) is 0 Å². The van der Waals surface area contributed by atoms with Gasteiger partial charge in [0, 0.05) is 31.2 Å². The van der Waals surface area contributed by atoms with Crippen molar-refractivity contribution in [3.05, 3.63) is 0 Å². The van der Waals surface area contributed by atoms with Gasteiger partial charge < -0.3 is 10.6 Å². The Morgan fingerprint density at radius 2 is 1.83 bits per heavy atom. The van der Waals surface area contributed by atoms with E-state index in [1.54, 1.807) is 0 Å². The van der Waals surface area contributed by atoms with E-state index in [0.29, 0.717) is 6.04 Å². The van der Waals surface area contributed by atoms with Crippen LogP contribution in [0.1, 0.15) is 41.0 Å². The molecule has 4 nitrogen and oxygen atoms in total. The van der Waals surface area contributed by atoms with Crippen LogP contribution in [0, 0.1) is 5.41 Å². The second kappa shape index (κ2) is 5.17. The van der Waals surface area contributed by atoms with E-state index in [1.807, 2.05) is 32.6 Å². The molecule has 0 aromatic carbocycles. The molecule has 1 unspecified atom stereocenters. The third-order valence-electron chi connectivity index (χ3n) is 4.68. The van der Waals surface area contributed by atoms with Crippen LogP contribution in [-0.2, 0) is 4.79 Å². The van der Waals surface area contributed by atoms with E-state index < -0.39 is 11.0 Å². The van der Waals surface area contributed by atoms with E-state index >= 15 is 0 Å². The first-order valence-corrected chi connectivity index (χ1v) is 6.89. The lowest BCUT2D eigenvalue weighted by molar-refractivity contribution is -0.146. The summed E-state index contributed by atoms with van der Waals surface area (Å²) >= 11 is 0. The molecule has 1 amide bonds. The summed E-state index contributed by atoms with van der Waals surface area (Å²) < 4.78 is 0. The van der Waals surface area contributed by atoms with E-state index in [0.717, 1.165) is 26.1 Å². The molecule has 0 spiro atoms. The summed E-state index contributed by atoms with van der Waals surface area (Å²) in [6, 6.07) is 0.472. The van der Waals surface area contributed by atoms with Gasteiger partial charge in [-0.1, -0.05) is 6.92 Å². The molecule has 0 aliphatic carbocycles. The van der Waals surface area contributed by atoms with Crippen LogP contribution in [0.3, 0.4) is 0 Å². The Balaban J connectivity index is 2.80. The van der Waals surface area contributed by atoms with Gasteiger partial charge >= 0.3 is 0 Å². The number of nitrogens with two attached hydrogens (primary N) is 1. The minimum Gasteiger partial charge on any atom is -0.339 e. The molecule has 1 heterocycles. The molecule has 0 saturated carbocycles. The highest BCUT2D eigenvalue weighted by Gasteiger charge is 2.43. The molecule has 0 aromatic heterocycles. The van der Waals surface area contributed by atoms with Crippen LogP contribution in [-0.4, -0.2) is 54.0 Å². The Hall–Kier alpha value is -0.610. The number of rotatable bonds is 3. The summed E-state index contributed by atoms with van der Waals surface area (Å²) in [5.41, 5.74) is 5.13. The number of hydrogen-bond donors (Lipinski definition) is 1. The van der Waals surface area contributed by atoms with Crippen molar-refractivity contribution < 1.29 is 4.79 Å². The molecular weight excluding hydrogens is 226 g/mol. The van der Waals surface area contributed by atoms with Crippen molar-refractivity contribution in [1.82, 2.24) is 9.80 Å². The van der Waals surface area contributed by atoms with Crippen molar-refractivity contribution in [2.45, 2.75) is 52.6 Å². The second-order valence-electron chi connectivity index (χ2n) is 6.64. The van der Waals surface area contributed by atoms with Gasteiger partial charge in [0.25, 0.3) is 0 Å². The van der Waals surface area contributed by atoms with Gasteiger partial charge in [-0.15, -0.1) is 0 Å². The lowest BCUT2D eigenvalue weighted by Crippen LogP contribution is -2.61. The molecular formula is C14H29N3O. The number of hydrogen-bond acceptors (Lipinski definition) is 3. The zero-order valence-corrected chi connectivity index (χ0v) is 12.8. The largest absolute Gasteiger partial charge is 0.339 e. The van der Waals surface area contributed by atoms with Crippen molar-refractivity contribution >= 4 is 5.91 Å². The number of carbonyl (C=O) groups is 1. The van der Waals surface area contributed by atoms with Gasteiger partial charge in [-0.25, -0.2) is 0 Å². The lowest BCUT2D eigenvalue weighted by Gasteiger charge is -2.45. The molecule has 1 aliphatic heterocycles. The third kappa shape index (κ3) is 2.86. The van der Waals surface area contributed by atoms with Crippen LogP contribution in [0.5, 0.6) is 0 Å². The molecule has 0 aromatic rings. The van der Waals surface area contributed by atoms with Crippen molar-refractivity contribution in [3.63, 3.8) is 0 Å². The Morgan fingerprint density at radius 1 is 1.28 bits per heavy atom. The van der Waals surface area contributed by atoms with Crippen LogP contribution >= 0.6 is 0 Å². The fourth-order valence-electron chi connectivity index (χ4n) is 2.24. The second-order valence-corrected chi connectivity index (χ2v) is 6.64. The summed E-state index contributed by atoms with van der Waals surface area (Å²) in [5, 5.41) is 0. The van der Waals surface area contributed by atoms with Crippen LogP contribution in [0.15, 0.2) is 0 Å². The molecule has 0 bridgehead atoms. The zero-order chi connectivity index (χ0) is 14.1. The molecule has 2 N–H and O–H groups in total. The average molecular weight is 255 g/mol. The lowest BCUT2D eigenvalue weighted by atomic mass is 9.74. The predicted molar refractivity (Wildman–Crippen MR) is 75.3 cm³/mol. The molecule has 4 heteroatoms. The van der Waals surface area contributed by atoms with E-state index in [1.165, 1.54) is 0 Å². The fourth-order valence-corrected chi connectivity index (χ4v) is 2.24. The standard InChI is InChI=1S/C14H29N3O/c1-7-11-10-17(9-8-16(11)6)12(18)13(2,3)14(4,5)15/h11H,7-10,15H2,1-6H3. The molecule has 1 rings (SSSR count). The Labute approximate surface area is 111 Å². The highest BCUT2D eigenvalue weighted by atomic mass is 16.2. The summed E-state index contributed by atoms with van der Waals surface area (Å²) in [5.74, 6) is 0.182. The third-order valence-corrected chi connectivity index (χ3v) is 4.68. The van der Waals surface area contributed by atoms with Crippen LogP contribution in [0.25, 0.3) is 0 Å². The van der Waals surface area contributed by atoms with E-state index in [-0.39, 0.29) is 5.91 Å². The Bertz CT molecular complexity index is 307. The van der Waals surface area contributed by atoms with Gasteiger partial charge in [0.2, 0.25) is 5.91 Å². The minimum atomic E-state index is -0.527. The first-order valence-electron chi connectivity index (χ1n) is 6.89. The Morgan fingerprint density at radius 3 is 2.28 bits per heavy atom. The number of amides is 1. The summed E-state index contributed by atoms with van der Waals surface area (Å²) in [4.78, 5) is 17.0. The van der Waals surface area contributed by atoms with E-state index in [4.69, 9.17) is 5.73 Å². The molecule has 18 heavy (non-hydrogen) atoms. The highest BCUT2D eigenvalue weighted by Crippen LogP contribution is 2.31. The highest BCUT2D eigenvalue weighted by molar-refractivity contribution is 5.83. The summed E-state index contributed by atoms with van der Waals surface area (Å²) in [6.45, 7) is 12.5. The maximum absolute atomic E-state index is 12.7. The fraction of sp³-hybridized carbons (Fsp3) is 0.929. The molecule has 106 valence electrons. The normalized spacial score (nSPS) is 23.3. The van der Waals surface area contributed by atoms with Crippen molar-refractivity contribution in [1.29, 1.82) is 0 Å². The first-order chi connectivity index (χ1) is 8.11. The number of carbonyl (C=O) groups excluding carboxylic acids is 1. The number of piperazine rings is 1. The molecule has 1 saturated heterocycles. The van der Waals surface area contributed by atoms with Gasteiger partial charge in [0.15, 0.2) is 0 Å². The summed E-state index contributed by atoms with van der Waals surface area (Å²) in [6.07, 6.45) is 1.08. The minimum absolute atomic E-state index is 0.182.